The van der Waals surface area contributed by atoms with Gasteiger partial charge in [0.2, 0.25) is 21.8 Å². The highest BCUT2D eigenvalue weighted by Gasteiger charge is 2.31. The lowest BCUT2D eigenvalue weighted by atomic mass is 10.1. The van der Waals surface area contributed by atoms with Crippen LogP contribution < -0.4 is 9.62 Å². The highest BCUT2D eigenvalue weighted by Crippen LogP contribution is 2.26. The van der Waals surface area contributed by atoms with E-state index in [2.05, 4.69) is 21.2 Å². The van der Waals surface area contributed by atoms with Crippen molar-refractivity contribution in [3.8, 4) is 0 Å². The maximum Gasteiger partial charge on any atom is 0.244 e. The summed E-state index contributed by atoms with van der Waals surface area (Å²) in [5.41, 5.74) is 1.75. The van der Waals surface area contributed by atoms with E-state index in [9.17, 15) is 18.0 Å². The minimum atomic E-state index is -3.81. The summed E-state index contributed by atoms with van der Waals surface area (Å²) in [5.74, 6) is -0.892. The van der Waals surface area contributed by atoms with Crippen LogP contribution in [-0.4, -0.2) is 50.0 Å². The van der Waals surface area contributed by atoms with E-state index < -0.39 is 28.5 Å². The highest BCUT2D eigenvalue weighted by atomic mass is 79.9. The summed E-state index contributed by atoms with van der Waals surface area (Å²) in [6.07, 6.45) is 1.76. The van der Waals surface area contributed by atoms with Crippen molar-refractivity contribution < 1.29 is 18.0 Å². The van der Waals surface area contributed by atoms with Gasteiger partial charge in [0.25, 0.3) is 0 Å². The maximum atomic E-state index is 13.6. The van der Waals surface area contributed by atoms with Crippen LogP contribution in [0.3, 0.4) is 0 Å². The third-order valence-electron chi connectivity index (χ3n) is 5.63. The van der Waals surface area contributed by atoms with Gasteiger partial charge >= 0.3 is 0 Å². The first-order valence-corrected chi connectivity index (χ1v) is 14.4. The molecule has 0 fully saturated rings. The van der Waals surface area contributed by atoms with Crippen LogP contribution in [-0.2, 0) is 26.2 Å². The van der Waals surface area contributed by atoms with Gasteiger partial charge in [0.15, 0.2) is 0 Å². The SMILES string of the molecule is CC[C@H](C)NC(=O)[C@H](C)N(Cc1ccc(Cl)cc1Cl)C(=O)CN(c1ccc(Br)c(C)c1)S(C)(=O)=O. The molecule has 192 valence electrons. The molecule has 2 aromatic rings. The molecule has 2 atom stereocenters. The lowest BCUT2D eigenvalue weighted by Gasteiger charge is -2.32. The molecule has 1 N–H and O–H groups in total. The fourth-order valence-corrected chi connectivity index (χ4v) is 4.84. The molecule has 7 nitrogen and oxygen atoms in total. The van der Waals surface area contributed by atoms with E-state index in [1.807, 2.05) is 20.8 Å². The van der Waals surface area contributed by atoms with Crippen LogP contribution in [0.15, 0.2) is 40.9 Å². The number of nitrogens with one attached hydrogen (secondary N) is 1. The van der Waals surface area contributed by atoms with E-state index in [1.165, 1.54) is 4.90 Å². The molecular weight excluding hydrogens is 577 g/mol. The second-order valence-electron chi connectivity index (χ2n) is 8.45. The minimum absolute atomic E-state index is 0.000889. The number of carbonyl (C=O) groups is 2. The Morgan fingerprint density at radius 3 is 2.31 bits per heavy atom. The predicted molar refractivity (Wildman–Crippen MR) is 145 cm³/mol. The molecule has 0 spiro atoms. The van der Waals surface area contributed by atoms with Crippen molar-refractivity contribution in [1.29, 1.82) is 0 Å². The summed E-state index contributed by atoms with van der Waals surface area (Å²) in [4.78, 5) is 27.8. The molecule has 11 heteroatoms. The van der Waals surface area contributed by atoms with Crippen LogP contribution in [0, 0.1) is 6.92 Å². The number of rotatable bonds is 10. The van der Waals surface area contributed by atoms with Gasteiger partial charge in [0.05, 0.1) is 11.9 Å². The molecule has 0 unspecified atom stereocenters. The van der Waals surface area contributed by atoms with Gasteiger partial charge in [0, 0.05) is 27.1 Å². The average Bonchev–Trinajstić information content (AvgIpc) is 2.77. The molecule has 0 aliphatic carbocycles. The molecule has 0 aliphatic heterocycles. The van der Waals surface area contributed by atoms with Gasteiger partial charge in [-0.15, -0.1) is 0 Å². The molecular formula is C24H30BrCl2N3O4S. The molecule has 0 saturated heterocycles. The van der Waals surface area contributed by atoms with Gasteiger partial charge < -0.3 is 10.2 Å². The number of nitrogens with zero attached hydrogens (tertiary/aromatic N) is 2. The number of anilines is 1. The Bertz CT molecular complexity index is 1190. The number of carbonyl (C=O) groups excluding carboxylic acids is 2. The Labute approximate surface area is 225 Å². The zero-order valence-corrected chi connectivity index (χ0v) is 24.2. The molecule has 0 aromatic heterocycles. The van der Waals surface area contributed by atoms with Crippen LogP contribution in [0.1, 0.15) is 38.3 Å². The fraction of sp³-hybridized carbons (Fsp3) is 0.417. The summed E-state index contributed by atoms with van der Waals surface area (Å²) < 4.78 is 27.2. The third kappa shape index (κ3) is 8.10. The number of amides is 2. The number of aryl methyl sites for hydroxylation is 1. The van der Waals surface area contributed by atoms with Gasteiger partial charge in [-0.25, -0.2) is 8.42 Å². The van der Waals surface area contributed by atoms with Crippen molar-refractivity contribution in [3.05, 3.63) is 62.0 Å². The Hall–Kier alpha value is -1.81. The zero-order chi connectivity index (χ0) is 26.5. The predicted octanol–water partition coefficient (Wildman–Crippen LogP) is 5.16. The largest absolute Gasteiger partial charge is 0.352 e. The molecule has 0 bridgehead atoms. The third-order valence-corrected chi connectivity index (χ3v) is 8.25. The summed E-state index contributed by atoms with van der Waals surface area (Å²) in [5, 5.41) is 3.66. The first kappa shape index (κ1) is 29.4. The van der Waals surface area contributed by atoms with E-state index in [0.29, 0.717) is 21.3 Å². The van der Waals surface area contributed by atoms with E-state index in [0.717, 1.165) is 27.0 Å². The van der Waals surface area contributed by atoms with E-state index in [1.54, 1.807) is 43.3 Å². The average molecular weight is 607 g/mol. The Morgan fingerprint density at radius 2 is 1.77 bits per heavy atom. The second kappa shape index (κ2) is 12.4. The van der Waals surface area contributed by atoms with Gasteiger partial charge in [-0.1, -0.05) is 52.1 Å². The monoisotopic (exact) mass is 605 g/mol. The molecule has 35 heavy (non-hydrogen) atoms. The summed E-state index contributed by atoms with van der Waals surface area (Å²) in [7, 11) is -3.81. The van der Waals surface area contributed by atoms with Crippen LogP contribution >= 0.6 is 39.1 Å². The second-order valence-corrected chi connectivity index (χ2v) is 12.1. The number of benzene rings is 2. The van der Waals surface area contributed by atoms with Crippen molar-refractivity contribution >= 4 is 66.7 Å². The fourth-order valence-electron chi connectivity index (χ4n) is 3.28. The van der Waals surface area contributed by atoms with Crippen LogP contribution in [0.25, 0.3) is 0 Å². The van der Waals surface area contributed by atoms with E-state index >= 15 is 0 Å². The molecule has 0 heterocycles. The molecule has 0 aliphatic rings. The summed E-state index contributed by atoms with van der Waals surface area (Å²) in [6, 6.07) is 8.93. The smallest absolute Gasteiger partial charge is 0.244 e. The summed E-state index contributed by atoms with van der Waals surface area (Å²) in [6.45, 7) is 6.76. The van der Waals surface area contributed by atoms with Gasteiger partial charge in [-0.05, 0) is 68.7 Å². The van der Waals surface area contributed by atoms with Crippen molar-refractivity contribution in [3.63, 3.8) is 0 Å². The van der Waals surface area contributed by atoms with Crippen molar-refractivity contribution in [2.24, 2.45) is 0 Å². The number of hydrogen-bond donors (Lipinski definition) is 1. The van der Waals surface area contributed by atoms with E-state index in [4.69, 9.17) is 23.2 Å². The molecule has 2 rings (SSSR count). The lowest BCUT2D eigenvalue weighted by Crippen LogP contribution is -2.52. The molecule has 2 aromatic carbocycles. The Morgan fingerprint density at radius 1 is 1.11 bits per heavy atom. The summed E-state index contributed by atoms with van der Waals surface area (Å²) >= 11 is 15.8. The van der Waals surface area contributed by atoms with Crippen LogP contribution in [0.4, 0.5) is 5.69 Å². The Kier molecular flexibility index (Phi) is 10.4. The van der Waals surface area contributed by atoms with Gasteiger partial charge in [0.1, 0.15) is 12.6 Å². The highest BCUT2D eigenvalue weighted by molar-refractivity contribution is 9.10. The first-order chi connectivity index (χ1) is 16.2. The van der Waals surface area contributed by atoms with Crippen molar-refractivity contribution in [1.82, 2.24) is 10.2 Å². The van der Waals surface area contributed by atoms with Crippen LogP contribution in [0.2, 0.25) is 10.0 Å². The van der Waals surface area contributed by atoms with Crippen LogP contribution in [0.5, 0.6) is 0 Å². The lowest BCUT2D eigenvalue weighted by molar-refractivity contribution is -0.139. The Balaban J connectivity index is 2.44. The van der Waals surface area contributed by atoms with Crippen molar-refractivity contribution in [2.45, 2.75) is 52.7 Å². The zero-order valence-electron chi connectivity index (χ0n) is 20.3. The maximum absolute atomic E-state index is 13.6. The minimum Gasteiger partial charge on any atom is -0.352 e. The van der Waals surface area contributed by atoms with Gasteiger partial charge in [-0.3, -0.25) is 13.9 Å². The number of halogens is 3. The normalized spacial score (nSPS) is 13.1. The molecule has 0 radical (unpaired) electrons. The van der Waals surface area contributed by atoms with Crippen molar-refractivity contribution in [2.75, 3.05) is 17.1 Å². The molecule has 2 amide bonds. The van der Waals surface area contributed by atoms with Gasteiger partial charge in [-0.2, -0.15) is 0 Å². The molecule has 0 saturated carbocycles. The first-order valence-electron chi connectivity index (χ1n) is 11.0. The number of hydrogen-bond acceptors (Lipinski definition) is 4. The van der Waals surface area contributed by atoms with E-state index in [-0.39, 0.29) is 18.5 Å². The topological polar surface area (TPSA) is 86.8 Å². The number of sulfonamides is 1. The quantitative estimate of drug-likeness (QED) is 0.405. The standard InChI is InChI=1S/C24H30BrCl2N3O4S/c1-6-16(3)28-24(32)17(4)29(13-18-7-8-19(26)12-22(18)27)23(31)14-30(35(5,33)34)20-9-10-21(25)15(2)11-20/h7-12,16-17H,6,13-14H2,1-5H3,(H,28,32)/t16-,17-/m0/s1.